The third-order valence-electron chi connectivity index (χ3n) is 3.89. The van der Waals surface area contributed by atoms with Gasteiger partial charge < -0.3 is 4.90 Å². The van der Waals surface area contributed by atoms with Crippen molar-refractivity contribution in [1.82, 2.24) is 20.7 Å². The second-order valence-corrected chi connectivity index (χ2v) is 5.47. The average molecular weight is 290 g/mol. The number of nitrogens with one attached hydrogen (secondary N) is 2. The van der Waals surface area contributed by atoms with E-state index in [-0.39, 0.29) is 5.91 Å². The van der Waals surface area contributed by atoms with Gasteiger partial charge in [0.2, 0.25) is 5.91 Å². The maximum atomic E-state index is 11.5. The molecular formula is C16H26N4O. The van der Waals surface area contributed by atoms with Crippen LogP contribution in [0.2, 0.25) is 0 Å². The minimum atomic E-state index is 0.0344. The first-order valence-corrected chi connectivity index (χ1v) is 7.70. The second kappa shape index (κ2) is 8.77. The van der Waals surface area contributed by atoms with Crippen LogP contribution in [0.3, 0.4) is 0 Å². The van der Waals surface area contributed by atoms with E-state index in [0.29, 0.717) is 6.54 Å². The molecule has 0 spiro atoms. The van der Waals surface area contributed by atoms with E-state index < -0.39 is 0 Å². The highest BCUT2D eigenvalue weighted by molar-refractivity contribution is 5.77. The van der Waals surface area contributed by atoms with Crippen LogP contribution in [0.1, 0.15) is 12.8 Å². The number of allylic oxidation sites excluding steroid dienone is 5. The van der Waals surface area contributed by atoms with Crippen LogP contribution in [0.4, 0.5) is 0 Å². The fraction of sp³-hybridized carbons (Fsp3) is 0.562. The number of amides is 1. The third-order valence-corrected chi connectivity index (χ3v) is 3.89. The summed E-state index contributed by atoms with van der Waals surface area (Å²) < 4.78 is 0. The van der Waals surface area contributed by atoms with Crippen molar-refractivity contribution in [2.24, 2.45) is 0 Å². The molecule has 0 aromatic rings. The highest BCUT2D eigenvalue weighted by Crippen LogP contribution is 2.11. The molecule has 116 valence electrons. The van der Waals surface area contributed by atoms with Gasteiger partial charge in [-0.3, -0.25) is 15.1 Å². The molecule has 5 heteroatoms. The van der Waals surface area contributed by atoms with Crippen LogP contribution in [0.15, 0.2) is 36.0 Å². The Morgan fingerprint density at radius 1 is 1.19 bits per heavy atom. The molecule has 1 aliphatic heterocycles. The summed E-state index contributed by atoms with van der Waals surface area (Å²) in [5.41, 5.74) is 6.71. The first kappa shape index (κ1) is 15.9. The number of rotatable bonds is 6. The molecule has 0 radical (unpaired) electrons. The number of nitrogens with zero attached hydrogens (tertiary/aromatic N) is 2. The van der Waals surface area contributed by atoms with Crippen LogP contribution < -0.4 is 10.9 Å². The van der Waals surface area contributed by atoms with Crippen LogP contribution in [-0.2, 0) is 4.79 Å². The standard InChI is InChI=1S/C16H26N4O/c1-17-18-16(21)14-20-12-10-19(11-13-20)9-8-15-6-4-2-3-5-7-15/h2-4,6-7,17H,5,8-14H2,1H3,(H,18,21). The zero-order valence-electron chi connectivity index (χ0n) is 12.8. The fourth-order valence-corrected chi connectivity index (χ4v) is 2.65. The summed E-state index contributed by atoms with van der Waals surface area (Å²) in [6.45, 7) is 5.60. The number of carbonyl (C=O) groups is 1. The SMILES string of the molecule is CNNC(=O)CN1CCN(CCC2=CCC=CC=C2)CC1. The lowest BCUT2D eigenvalue weighted by Gasteiger charge is -2.34. The Balaban J connectivity index is 1.65. The average Bonchev–Trinajstić information content (AvgIpc) is 2.75. The lowest BCUT2D eigenvalue weighted by Crippen LogP contribution is -2.50. The summed E-state index contributed by atoms with van der Waals surface area (Å²) in [6.07, 6.45) is 13.1. The van der Waals surface area contributed by atoms with Crippen LogP contribution in [-0.4, -0.2) is 62.0 Å². The maximum absolute atomic E-state index is 11.5. The molecule has 1 amide bonds. The first-order chi connectivity index (χ1) is 10.3. The Morgan fingerprint density at radius 2 is 1.95 bits per heavy atom. The van der Waals surface area contributed by atoms with Crippen LogP contribution in [0.25, 0.3) is 0 Å². The number of hydrazine groups is 1. The lowest BCUT2D eigenvalue weighted by atomic mass is 10.1. The predicted octanol–water partition coefficient (Wildman–Crippen LogP) is 0.687. The molecule has 21 heavy (non-hydrogen) atoms. The zero-order valence-corrected chi connectivity index (χ0v) is 12.8. The minimum absolute atomic E-state index is 0.0344. The van der Waals surface area contributed by atoms with Gasteiger partial charge in [0, 0.05) is 39.8 Å². The highest BCUT2D eigenvalue weighted by atomic mass is 16.2. The van der Waals surface area contributed by atoms with Crippen molar-refractivity contribution >= 4 is 5.91 Å². The maximum Gasteiger partial charge on any atom is 0.248 e. The molecule has 1 aliphatic carbocycles. The molecule has 0 unspecified atom stereocenters. The van der Waals surface area contributed by atoms with E-state index in [4.69, 9.17) is 0 Å². The summed E-state index contributed by atoms with van der Waals surface area (Å²) in [4.78, 5) is 16.2. The normalized spacial score (nSPS) is 20.1. The molecule has 5 nitrogen and oxygen atoms in total. The van der Waals surface area contributed by atoms with E-state index in [1.165, 1.54) is 5.57 Å². The molecule has 0 bridgehead atoms. The molecule has 0 aromatic carbocycles. The Morgan fingerprint density at radius 3 is 2.71 bits per heavy atom. The topological polar surface area (TPSA) is 47.6 Å². The van der Waals surface area contributed by atoms with Crippen molar-refractivity contribution in [3.8, 4) is 0 Å². The van der Waals surface area contributed by atoms with Gasteiger partial charge in [-0.05, 0) is 12.8 Å². The van der Waals surface area contributed by atoms with Crippen molar-refractivity contribution in [2.75, 3.05) is 46.3 Å². The predicted molar refractivity (Wildman–Crippen MR) is 85.7 cm³/mol. The quantitative estimate of drug-likeness (QED) is 0.707. The van der Waals surface area contributed by atoms with Gasteiger partial charge in [-0.15, -0.1) is 0 Å². The monoisotopic (exact) mass is 290 g/mol. The van der Waals surface area contributed by atoms with Gasteiger partial charge in [-0.2, -0.15) is 0 Å². The van der Waals surface area contributed by atoms with Gasteiger partial charge in [0.25, 0.3) is 0 Å². The second-order valence-electron chi connectivity index (χ2n) is 5.47. The molecule has 2 N–H and O–H groups in total. The van der Waals surface area contributed by atoms with Gasteiger partial charge >= 0.3 is 0 Å². The van der Waals surface area contributed by atoms with Gasteiger partial charge in [0.15, 0.2) is 0 Å². The van der Waals surface area contributed by atoms with Gasteiger partial charge in [0.05, 0.1) is 6.54 Å². The third kappa shape index (κ3) is 5.83. The molecule has 2 aliphatic rings. The van der Waals surface area contributed by atoms with Gasteiger partial charge in [-0.25, -0.2) is 5.43 Å². The molecule has 1 heterocycles. The molecule has 0 aromatic heterocycles. The molecule has 0 saturated carbocycles. The molecule has 2 rings (SSSR count). The zero-order chi connectivity index (χ0) is 14.9. The van der Waals surface area contributed by atoms with E-state index in [9.17, 15) is 4.79 Å². The van der Waals surface area contributed by atoms with Crippen molar-refractivity contribution in [3.05, 3.63) is 36.0 Å². The van der Waals surface area contributed by atoms with E-state index in [2.05, 4.69) is 51.0 Å². The number of carbonyl (C=O) groups excluding carboxylic acids is 1. The minimum Gasteiger partial charge on any atom is -0.300 e. The van der Waals surface area contributed by atoms with Crippen molar-refractivity contribution in [1.29, 1.82) is 0 Å². The number of hydrogen-bond donors (Lipinski definition) is 2. The van der Waals surface area contributed by atoms with E-state index in [0.717, 1.165) is 45.6 Å². The van der Waals surface area contributed by atoms with E-state index >= 15 is 0 Å². The Bertz CT molecular complexity index is 420. The summed E-state index contributed by atoms with van der Waals surface area (Å²) in [5, 5.41) is 0. The van der Waals surface area contributed by atoms with Gasteiger partial charge in [-0.1, -0.05) is 36.0 Å². The largest absolute Gasteiger partial charge is 0.300 e. The van der Waals surface area contributed by atoms with Crippen LogP contribution in [0, 0.1) is 0 Å². The fourth-order valence-electron chi connectivity index (χ4n) is 2.65. The molecular weight excluding hydrogens is 264 g/mol. The van der Waals surface area contributed by atoms with Gasteiger partial charge in [0.1, 0.15) is 0 Å². The first-order valence-electron chi connectivity index (χ1n) is 7.70. The summed E-state index contributed by atoms with van der Waals surface area (Å²) in [6, 6.07) is 0. The Hall–Kier alpha value is -1.43. The number of hydrogen-bond acceptors (Lipinski definition) is 4. The van der Waals surface area contributed by atoms with Crippen LogP contribution in [0.5, 0.6) is 0 Å². The van der Waals surface area contributed by atoms with Crippen molar-refractivity contribution in [2.45, 2.75) is 12.8 Å². The Labute approximate surface area is 127 Å². The lowest BCUT2D eigenvalue weighted by molar-refractivity contribution is -0.123. The van der Waals surface area contributed by atoms with Crippen LogP contribution >= 0.6 is 0 Å². The van der Waals surface area contributed by atoms with E-state index in [1.807, 2.05) is 0 Å². The summed E-state index contributed by atoms with van der Waals surface area (Å²) in [5.74, 6) is 0.0344. The smallest absolute Gasteiger partial charge is 0.248 e. The molecule has 1 fully saturated rings. The summed E-state index contributed by atoms with van der Waals surface area (Å²) in [7, 11) is 1.71. The Kier molecular flexibility index (Phi) is 6.66. The van der Waals surface area contributed by atoms with Crippen molar-refractivity contribution in [3.63, 3.8) is 0 Å². The van der Waals surface area contributed by atoms with Crippen molar-refractivity contribution < 1.29 is 4.79 Å². The molecule has 0 atom stereocenters. The molecule has 1 saturated heterocycles. The number of piperazine rings is 1. The van der Waals surface area contributed by atoms with E-state index in [1.54, 1.807) is 7.05 Å². The summed E-state index contributed by atoms with van der Waals surface area (Å²) >= 11 is 0. The highest BCUT2D eigenvalue weighted by Gasteiger charge is 2.18.